The Labute approximate surface area is 165 Å². The van der Waals surface area contributed by atoms with Crippen molar-refractivity contribution >= 4 is 21.6 Å². The van der Waals surface area contributed by atoms with Crippen molar-refractivity contribution in [2.45, 2.75) is 18.4 Å². The van der Waals surface area contributed by atoms with Crippen molar-refractivity contribution in [3.63, 3.8) is 0 Å². The Hall–Kier alpha value is -2.78. The van der Waals surface area contributed by atoms with Crippen LogP contribution in [0.5, 0.6) is 17.2 Å². The Kier molecular flexibility index (Phi) is 6.87. The molecule has 0 saturated heterocycles. The summed E-state index contributed by atoms with van der Waals surface area (Å²) >= 11 is 0. The largest absolute Gasteiger partial charge is 0.493 e. The van der Waals surface area contributed by atoms with E-state index in [1.165, 1.54) is 51.7 Å². The molecule has 0 atom stereocenters. The summed E-state index contributed by atoms with van der Waals surface area (Å²) < 4.78 is 43.0. The standard InChI is InChI=1S/C19H24N2O6S/c1-13(22)20-15-7-9-16(10-8-15)28(23,24)21(2)12-14-6-11-17(25-3)19(27-5)18(14)26-4/h6-11H,12H2,1-5H3,(H,20,22). The van der Waals surface area contributed by atoms with Crippen LogP contribution >= 0.6 is 0 Å². The van der Waals surface area contributed by atoms with E-state index in [2.05, 4.69) is 5.32 Å². The van der Waals surface area contributed by atoms with Crippen LogP contribution in [-0.4, -0.2) is 47.0 Å². The summed E-state index contributed by atoms with van der Waals surface area (Å²) in [7, 11) is 2.21. The molecule has 0 saturated carbocycles. The maximum absolute atomic E-state index is 12.9. The number of nitrogens with one attached hydrogen (secondary N) is 1. The monoisotopic (exact) mass is 408 g/mol. The fourth-order valence-corrected chi connectivity index (χ4v) is 3.85. The highest BCUT2D eigenvalue weighted by atomic mass is 32.2. The maximum atomic E-state index is 12.9. The molecule has 1 amide bonds. The van der Waals surface area contributed by atoms with Gasteiger partial charge in [-0.2, -0.15) is 4.31 Å². The highest BCUT2D eigenvalue weighted by molar-refractivity contribution is 7.89. The van der Waals surface area contributed by atoms with Crippen molar-refractivity contribution in [2.75, 3.05) is 33.7 Å². The van der Waals surface area contributed by atoms with E-state index in [9.17, 15) is 13.2 Å². The molecule has 0 radical (unpaired) electrons. The van der Waals surface area contributed by atoms with Crippen molar-refractivity contribution in [1.29, 1.82) is 0 Å². The van der Waals surface area contributed by atoms with Gasteiger partial charge in [-0.25, -0.2) is 8.42 Å². The minimum absolute atomic E-state index is 0.0688. The summed E-state index contributed by atoms with van der Waals surface area (Å²) in [4.78, 5) is 11.2. The van der Waals surface area contributed by atoms with Crippen LogP contribution in [0.2, 0.25) is 0 Å². The van der Waals surface area contributed by atoms with Crippen LogP contribution in [0.1, 0.15) is 12.5 Å². The molecule has 0 spiro atoms. The number of benzene rings is 2. The topological polar surface area (TPSA) is 94.2 Å². The molecule has 2 rings (SSSR count). The van der Waals surface area contributed by atoms with Crippen LogP contribution in [0, 0.1) is 0 Å². The van der Waals surface area contributed by atoms with Gasteiger partial charge in [0, 0.05) is 31.8 Å². The maximum Gasteiger partial charge on any atom is 0.243 e. The molecule has 0 aliphatic rings. The molecule has 0 aliphatic heterocycles. The first-order chi connectivity index (χ1) is 13.2. The van der Waals surface area contributed by atoms with Gasteiger partial charge < -0.3 is 19.5 Å². The summed E-state index contributed by atoms with van der Waals surface area (Å²) in [6, 6.07) is 9.40. The first-order valence-corrected chi connectivity index (χ1v) is 9.80. The van der Waals surface area contributed by atoms with Crippen molar-refractivity contribution < 1.29 is 27.4 Å². The number of hydrogen-bond acceptors (Lipinski definition) is 6. The molecule has 0 unspecified atom stereocenters. The van der Waals surface area contributed by atoms with Gasteiger partial charge in [-0.1, -0.05) is 6.07 Å². The predicted octanol–water partition coefficient (Wildman–Crippen LogP) is 2.49. The average molecular weight is 408 g/mol. The van der Waals surface area contributed by atoms with Crippen LogP contribution < -0.4 is 19.5 Å². The number of carbonyl (C=O) groups is 1. The van der Waals surface area contributed by atoms with Crippen LogP contribution in [0.25, 0.3) is 0 Å². The number of ether oxygens (including phenoxy) is 3. The molecular weight excluding hydrogens is 384 g/mol. The summed E-state index contributed by atoms with van der Waals surface area (Å²) in [6.07, 6.45) is 0. The predicted molar refractivity (Wildman–Crippen MR) is 105 cm³/mol. The van der Waals surface area contributed by atoms with E-state index in [1.807, 2.05) is 0 Å². The SMILES string of the molecule is COc1ccc(CN(C)S(=O)(=O)c2ccc(NC(C)=O)cc2)c(OC)c1OC. The average Bonchev–Trinajstić information content (AvgIpc) is 2.67. The lowest BCUT2D eigenvalue weighted by Crippen LogP contribution is -2.26. The second-order valence-electron chi connectivity index (χ2n) is 5.96. The Bertz CT molecular complexity index is 942. The minimum Gasteiger partial charge on any atom is -0.493 e. The molecule has 1 N–H and O–H groups in total. The van der Waals surface area contributed by atoms with Crippen LogP contribution in [0.3, 0.4) is 0 Å². The number of hydrogen-bond donors (Lipinski definition) is 1. The van der Waals surface area contributed by atoms with Crippen LogP contribution in [0.15, 0.2) is 41.3 Å². The Balaban J connectivity index is 2.30. The molecule has 152 valence electrons. The lowest BCUT2D eigenvalue weighted by Gasteiger charge is -2.21. The molecule has 9 heteroatoms. The number of methoxy groups -OCH3 is 3. The zero-order chi connectivity index (χ0) is 20.9. The van der Waals surface area contributed by atoms with Crippen molar-refractivity contribution in [3.05, 3.63) is 42.0 Å². The van der Waals surface area contributed by atoms with Crippen molar-refractivity contribution in [2.24, 2.45) is 0 Å². The van der Waals surface area contributed by atoms with Gasteiger partial charge in [0.2, 0.25) is 21.7 Å². The molecule has 0 fully saturated rings. The summed E-state index contributed by atoms with van der Waals surface area (Å²) in [5, 5.41) is 2.60. The first-order valence-electron chi connectivity index (χ1n) is 8.36. The quantitative estimate of drug-likeness (QED) is 0.721. The summed E-state index contributed by atoms with van der Waals surface area (Å²) in [6.45, 7) is 1.45. The van der Waals surface area contributed by atoms with E-state index in [1.54, 1.807) is 24.3 Å². The number of amides is 1. The smallest absolute Gasteiger partial charge is 0.243 e. The molecule has 0 bridgehead atoms. The number of carbonyl (C=O) groups excluding carboxylic acids is 1. The van der Waals surface area contributed by atoms with E-state index in [0.29, 0.717) is 28.5 Å². The molecule has 0 heterocycles. The second-order valence-corrected chi connectivity index (χ2v) is 8.00. The summed E-state index contributed by atoms with van der Waals surface area (Å²) in [5.41, 5.74) is 1.15. The lowest BCUT2D eigenvalue weighted by molar-refractivity contribution is -0.114. The number of nitrogens with zero attached hydrogens (tertiary/aromatic N) is 1. The van der Waals surface area contributed by atoms with Gasteiger partial charge in [-0.15, -0.1) is 0 Å². The Morgan fingerprint density at radius 2 is 1.57 bits per heavy atom. The normalized spacial score (nSPS) is 11.2. The molecule has 0 aliphatic carbocycles. The van der Waals surface area contributed by atoms with E-state index in [-0.39, 0.29) is 17.3 Å². The van der Waals surface area contributed by atoms with Gasteiger partial charge in [-0.3, -0.25) is 4.79 Å². The van der Waals surface area contributed by atoms with Gasteiger partial charge in [0.1, 0.15) is 0 Å². The third-order valence-electron chi connectivity index (χ3n) is 4.06. The van der Waals surface area contributed by atoms with Crippen LogP contribution in [-0.2, 0) is 21.4 Å². The summed E-state index contributed by atoms with van der Waals surface area (Å²) in [5.74, 6) is 1.06. The fourth-order valence-electron chi connectivity index (χ4n) is 2.71. The zero-order valence-electron chi connectivity index (χ0n) is 16.5. The lowest BCUT2D eigenvalue weighted by atomic mass is 10.1. The molecule has 8 nitrogen and oxygen atoms in total. The van der Waals surface area contributed by atoms with Gasteiger partial charge >= 0.3 is 0 Å². The van der Waals surface area contributed by atoms with Crippen LogP contribution in [0.4, 0.5) is 5.69 Å². The van der Waals surface area contributed by atoms with E-state index < -0.39 is 10.0 Å². The highest BCUT2D eigenvalue weighted by Crippen LogP contribution is 2.40. The molecule has 0 aromatic heterocycles. The van der Waals surface area contributed by atoms with E-state index in [4.69, 9.17) is 14.2 Å². The Morgan fingerprint density at radius 1 is 0.964 bits per heavy atom. The molecule has 2 aromatic carbocycles. The number of anilines is 1. The first kappa shape index (κ1) is 21.5. The third-order valence-corrected chi connectivity index (χ3v) is 5.88. The van der Waals surface area contributed by atoms with E-state index in [0.717, 1.165) is 0 Å². The van der Waals surface area contributed by atoms with Gasteiger partial charge in [-0.05, 0) is 30.3 Å². The minimum atomic E-state index is -3.75. The van der Waals surface area contributed by atoms with Crippen molar-refractivity contribution in [3.8, 4) is 17.2 Å². The zero-order valence-corrected chi connectivity index (χ0v) is 17.3. The number of rotatable bonds is 8. The molecule has 28 heavy (non-hydrogen) atoms. The highest BCUT2D eigenvalue weighted by Gasteiger charge is 2.24. The third kappa shape index (κ3) is 4.55. The number of sulfonamides is 1. The van der Waals surface area contributed by atoms with Crippen molar-refractivity contribution in [1.82, 2.24) is 4.31 Å². The van der Waals surface area contributed by atoms with Gasteiger partial charge in [0.05, 0.1) is 26.2 Å². The van der Waals surface area contributed by atoms with Gasteiger partial charge in [0.15, 0.2) is 11.5 Å². The fraction of sp³-hybridized carbons (Fsp3) is 0.316. The molecule has 2 aromatic rings. The Morgan fingerprint density at radius 3 is 2.07 bits per heavy atom. The van der Waals surface area contributed by atoms with E-state index >= 15 is 0 Å². The molecular formula is C19H24N2O6S. The van der Waals surface area contributed by atoms with Gasteiger partial charge in [0.25, 0.3) is 0 Å². The second kappa shape index (κ2) is 8.94.